The fourth-order valence-corrected chi connectivity index (χ4v) is 9.03. The number of carbonyl (C=O) groups excluding carboxylic acids is 6. The molecule has 8 rings (SSSR count). The molecule has 6 heterocycles. The van der Waals surface area contributed by atoms with E-state index in [1.165, 1.54) is 18.2 Å². The summed E-state index contributed by atoms with van der Waals surface area (Å²) in [6.45, 7) is 7.59. The maximum atomic E-state index is 13.2. The molecule has 3 aliphatic heterocycles. The number of piperidine rings is 1. The van der Waals surface area contributed by atoms with Crippen LogP contribution >= 0.6 is 0 Å². The molecule has 4 aromatic rings. The van der Waals surface area contributed by atoms with Crippen LogP contribution in [0.1, 0.15) is 75.8 Å². The summed E-state index contributed by atoms with van der Waals surface area (Å²) >= 11 is 0. The first-order valence-corrected chi connectivity index (χ1v) is 23.9. The average Bonchev–Trinajstić information content (AvgIpc) is 4.08. The van der Waals surface area contributed by atoms with Crippen molar-refractivity contribution in [1.82, 2.24) is 39.5 Å². The van der Waals surface area contributed by atoms with Gasteiger partial charge in [0.05, 0.1) is 88.2 Å². The number of nitrogens with zero attached hydrogens (tertiary/aromatic N) is 8. The number of carbonyl (C=O) groups is 6. The Bertz CT molecular complexity index is 2510. The highest BCUT2D eigenvalue weighted by molar-refractivity contribution is 6.26. The van der Waals surface area contributed by atoms with E-state index in [-0.39, 0.29) is 61.4 Å². The molecule has 3 N–H and O–H groups in total. The van der Waals surface area contributed by atoms with Crippen molar-refractivity contribution in [2.24, 2.45) is 0 Å². The van der Waals surface area contributed by atoms with Gasteiger partial charge in [0.1, 0.15) is 29.8 Å². The number of aromatic nitrogens is 4. The van der Waals surface area contributed by atoms with Gasteiger partial charge in [-0.05, 0) is 49.6 Å². The van der Waals surface area contributed by atoms with Gasteiger partial charge in [0.2, 0.25) is 23.7 Å². The van der Waals surface area contributed by atoms with E-state index in [1.807, 2.05) is 18.3 Å². The van der Waals surface area contributed by atoms with E-state index in [9.17, 15) is 28.8 Å². The van der Waals surface area contributed by atoms with Gasteiger partial charge in [0, 0.05) is 70.9 Å². The summed E-state index contributed by atoms with van der Waals surface area (Å²) in [6.07, 6.45) is 8.02. The van der Waals surface area contributed by atoms with E-state index < -0.39 is 35.6 Å². The number of rotatable bonds is 24. The Morgan fingerprint density at radius 1 is 0.786 bits per heavy atom. The minimum Gasteiger partial charge on any atom is -0.378 e. The van der Waals surface area contributed by atoms with Crippen molar-refractivity contribution in [3.05, 3.63) is 65.6 Å². The predicted molar refractivity (Wildman–Crippen MR) is 255 cm³/mol. The molecule has 2 saturated heterocycles. The molecule has 3 fully saturated rings. The second kappa shape index (κ2) is 23.9. The quantitative estimate of drug-likeness (QED) is 0.0676. The third-order valence-electron chi connectivity index (χ3n) is 12.6. The van der Waals surface area contributed by atoms with Crippen molar-refractivity contribution in [2.75, 3.05) is 128 Å². The highest BCUT2D eigenvalue weighted by Crippen LogP contribution is 2.35. The second-order valence-corrected chi connectivity index (χ2v) is 17.6. The lowest BCUT2D eigenvalue weighted by atomic mass is 10.0. The number of benzene rings is 1. The zero-order chi connectivity index (χ0) is 49.0. The molecule has 1 aromatic carbocycles. The van der Waals surface area contributed by atoms with Gasteiger partial charge in [-0.1, -0.05) is 18.9 Å². The number of piperazine rings is 1. The largest absolute Gasteiger partial charge is 0.378 e. The van der Waals surface area contributed by atoms with Crippen LogP contribution in [-0.2, 0) is 38.1 Å². The number of pyridine rings is 1. The third kappa shape index (κ3) is 12.3. The number of hydrogen-bond acceptors (Lipinski definition) is 17. The molecule has 1 saturated carbocycles. The number of fused-ring (bicyclic) bond motifs is 2. The second-order valence-electron chi connectivity index (χ2n) is 17.6. The van der Waals surface area contributed by atoms with Crippen molar-refractivity contribution >= 4 is 69.6 Å². The Morgan fingerprint density at radius 3 is 2.13 bits per heavy atom. The van der Waals surface area contributed by atoms with Gasteiger partial charge < -0.3 is 48.7 Å². The molecule has 1 atom stereocenters. The lowest BCUT2D eigenvalue weighted by Crippen LogP contribution is -2.54. The first-order valence-electron chi connectivity index (χ1n) is 23.9. The predicted octanol–water partition coefficient (Wildman–Crippen LogP) is 2.63. The molecule has 22 nitrogen and oxygen atoms in total. The molecule has 1 unspecified atom stereocenters. The monoisotopic (exact) mass is 967 g/mol. The Balaban J connectivity index is 0.623. The first-order chi connectivity index (χ1) is 34.0. The van der Waals surface area contributed by atoms with Gasteiger partial charge >= 0.3 is 0 Å². The molecule has 3 aromatic heterocycles. The zero-order valence-electron chi connectivity index (χ0n) is 39.7. The number of imide groups is 2. The lowest BCUT2D eigenvalue weighted by Gasteiger charge is -2.35. The maximum absolute atomic E-state index is 13.2. The Hall–Kier alpha value is -6.43. The van der Waals surface area contributed by atoms with Crippen LogP contribution in [0.3, 0.4) is 0 Å². The number of amides is 6. The van der Waals surface area contributed by atoms with Crippen molar-refractivity contribution in [3.63, 3.8) is 0 Å². The van der Waals surface area contributed by atoms with Crippen LogP contribution in [0.5, 0.6) is 0 Å². The molecule has 0 spiro atoms. The van der Waals surface area contributed by atoms with Gasteiger partial charge in [0.25, 0.3) is 17.7 Å². The maximum Gasteiger partial charge on any atom is 0.270 e. The fourth-order valence-electron chi connectivity index (χ4n) is 9.03. The normalized spacial score (nSPS) is 17.7. The minimum absolute atomic E-state index is 0.00697. The Kier molecular flexibility index (Phi) is 17.1. The SMILES string of the molecule is CN(C)C(=O)c1cc2cnc(Nc3ccc(N4CCN(CCOCCOCCOCCOCCOCC(=O)Nc5cccc6c5C(=O)N(C5CCC(=O)NC5=O)C6=O)CC4)cn3)nc2n1C1CCCC1. The zero-order valence-corrected chi connectivity index (χ0v) is 39.7. The molecule has 6 amide bonds. The van der Waals surface area contributed by atoms with E-state index >= 15 is 0 Å². The van der Waals surface area contributed by atoms with E-state index in [0.29, 0.717) is 63.7 Å². The lowest BCUT2D eigenvalue weighted by molar-refractivity contribution is -0.136. The minimum atomic E-state index is -1.11. The highest BCUT2D eigenvalue weighted by Gasteiger charge is 2.45. The number of anilines is 4. The number of hydrogen-bond donors (Lipinski definition) is 3. The fraction of sp³-hybridized carbons (Fsp3) is 0.521. The number of ether oxygens (including phenoxy) is 5. The van der Waals surface area contributed by atoms with Crippen molar-refractivity contribution in [3.8, 4) is 0 Å². The first kappa shape index (κ1) is 50.0. The van der Waals surface area contributed by atoms with Gasteiger partial charge in [-0.15, -0.1) is 0 Å². The van der Waals surface area contributed by atoms with Crippen LogP contribution in [0, 0.1) is 0 Å². The van der Waals surface area contributed by atoms with Gasteiger partial charge in [0.15, 0.2) is 0 Å². The van der Waals surface area contributed by atoms with Crippen molar-refractivity contribution in [2.45, 2.75) is 50.6 Å². The Labute approximate surface area is 405 Å². The third-order valence-corrected chi connectivity index (χ3v) is 12.6. The van der Waals surface area contributed by atoms with Crippen LogP contribution in [0.4, 0.5) is 23.1 Å². The molecular weight excluding hydrogens is 907 g/mol. The summed E-state index contributed by atoms with van der Waals surface area (Å²) in [5, 5.41) is 8.87. The summed E-state index contributed by atoms with van der Waals surface area (Å²) in [4.78, 5) is 97.0. The van der Waals surface area contributed by atoms with Crippen LogP contribution in [0.2, 0.25) is 0 Å². The van der Waals surface area contributed by atoms with Crippen LogP contribution in [-0.4, -0.2) is 189 Å². The average molecular weight is 968 g/mol. The summed E-state index contributed by atoms with van der Waals surface area (Å²) in [5.41, 5.74) is 2.65. The van der Waals surface area contributed by atoms with Gasteiger partial charge in [-0.25, -0.2) is 9.97 Å². The molecule has 4 aliphatic rings. The molecule has 1 aliphatic carbocycles. The standard InChI is InChI=1S/C48H61N11O11/c1-55(2)46(64)38-28-32-29-50-48(54-43(32)58(38)33-6-3-4-7-33)52-39-12-10-34(30-49-39)57-16-14-56(15-17-57)18-19-66-20-21-67-22-23-68-24-25-69-26-27-70-31-41(61)51-36-9-5-8-35-42(36)47(65)59(45(35)63)37-11-13-40(60)53-44(37)62/h5,8-10,12,28-30,33,37H,3-4,6-7,11,13-27,31H2,1-2H3,(H,51,61)(H,53,60,62)(H,49,50,52,54). The summed E-state index contributed by atoms with van der Waals surface area (Å²) in [7, 11) is 3.54. The van der Waals surface area contributed by atoms with Crippen LogP contribution in [0.25, 0.3) is 11.0 Å². The Morgan fingerprint density at radius 2 is 1.47 bits per heavy atom. The van der Waals surface area contributed by atoms with Crippen LogP contribution < -0.4 is 20.9 Å². The molecular formula is C48H61N11O11. The van der Waals surface area contributed by atoms with Crippen LogP contribution in [0.15, 0.2) is 48.8 Å². The molecule has 0 radical (unpaired) electrons. The van der Waals surface area contributed by atoms with E-state index in [1.54, 1.807) is 25.2 Å². The summed E-state index contributed by atoms with van der Waals surface area (Å²) in [5.74, 6) is -2.03. The van der Waals surface area contributed by atoms with Gasteiger partial charge in [-0.2, -0.15) is 4.98 Å². The smallest absolute Gasteiger partial charge is 0.270 e. The molecule has 0 bridgehead atoms. The molecule has 374 valence electrons. The van der Waals surface area contributed by atoms with Crippen molar-refractivity contribution < 1.29 is 52.5 Å². The number of nitrogens with one attached hydrogen (secondary N) is 3. The van der Waals surface area contributed by atoms with E-state index in [2.05, 4.69) is 46.4 Å². The topological polar surface area (TPSA) is 241 Å². The highest BCUT2D eigenvalue weighted by atomic mass is 16.6. The van der Waals surface area contributed by atoms with E-state index in [0.717, 1.165) is 80.0 Å². The molecule has 70 heavy (non-hydrogen) atoms. The van der Waals surface area contributed by atoms with E-state index in [4.69, 9.17) is 28.7 Å². The summed E-state index contributed by atoms with van der Waals surface area (Å²) in [6, 6.07) is 9.51. The molecule has 22 heteroatoms. The van der Waals surface area contributed by atoms with Gasteiger partial charge in [-0.3, -0.25) is 43.9 Å². The summed E-state index contributed by atoms with van der Waals surface area (Å²) < 4.78 is 30.0. The van der Waals surface area contributed by atoms with Crippen molar-refractivity contribution in [1.29, 1.82) is 0 Å².